The summed E-state index contributed by atoms with van der Waals surface area (Å²) in [5.74, 6) is -1.48. The Morgan fingerprint density at radius 3 is 1.56 bits per heavy atom. The quantitative estimate of drug-likeness (QED) is 0.0836. The van der Waals surface area contributed by atoms with Gasteiger partial charge in [0.25, 0.3) is 10.1 Å². The number of aliphatic carboxylic acids is 1. The number of hydrogen-bond acceptors (Lipinski definition) is 7. The molecule has 1 atom stereocenters. The van der Waals surface area contributed by atoms with Crippen LogP contribution >= 0.6 is 0 Å². The molecule has 0 aromatic rings. The van der Waals surface area contributed by atoms with Gasteiger partial charge < -0.3 is 20.4 Å². The highest BCUT2D eigenvalue weighted by molar-refractivity contribution is 7.87. The normalized spacial score (nSPS) is 12.6. The molecule has 0 saturated carbocycles. The van der Waals surface area contributed by atoms with Crippen LogP contribution in [0.25, 0.3) is 0 Å². The number of carboxylic acids is 1. The molecule has 10 heteroatoms. The van der Waals surface area contributed by atoms with Crippen LogP contribution in [0.2, 0.25) is 0 Å². The Morgan fingerprint density at radius 2 is 1.18 bits per heavy atom. The standard InChI is InChI=1S/C18H34O5S.C6H15NO3/c1-2-3-4-5-6-7-8-9-10-11-12-13-14-15-16-17(18(19)20)24(21,22)23;8-4-1-7(2-5-9)3-6-10/h9-10,17H,2-8,11-16H2,1H3,(H,19,20)(H,21,22,23);8-10H,1-6H2/b10-9-;. The molecule has 9 nitrogen and oxygen atoms in total. The fraction of sp³-hybridized carbons (Fsp3) is 0.875. The lowest BCUT2D eigenvalue weighted by molar-refractivity contribution is -0.136. The second-order valence-corrected chi connectivity index (χ2v) is 9.97. The van der Waals surface area contributed by atoms with E-state index < -0.39 is 21.3 Å². The molecule has 0 saturated heterocycles. The maximum Gasteiger partial charge on any atom is 0.324 e. The largest absolute Gasteiger partial charge is 0.480 e. The van der Waals surface area contributed by atoms with Gasteiger partial charge in [0, 0.05) is 19.6 Å². The van der Waals surface area contributed by atoms with Crippen LogP contribution in [0.5, 0.6) is 0 Å². The second kappa shape index (κ2) is 25.1. The van der Waals surface area contributed by atoms with E-state index in [1.54, 1.807) is 4.90 Å². The van der Waals surface area contributed by atoms with Crippen molar-refractivity contribution < 1.29 is 38.2 Å². The summed E-state index contributed by atoms with van der Waals surface area (Å²) >= 11 is 0. The predicted octanol–water partition coefficient (Wildman–Crippen LogP) is 3.24. The van der Waals surface area contributed by atoms with Crippen molar-refractivity contribution >= 4 is 16.1 Å². The van der Waals surface area contributed by atoms with E-state index in [9.17, 15) is 13.2 Å². The van der Waals surface area contributed by atoms with E-state index in [-0.39, 0.29) is 26.2 Å². The van der Waals surface area contributed by atoms with Gasteiger partial charge in [-0.25, -0.2) is 0 Å². The van der Waals surface area contributed by atoms with Crippen LogP contribution in [0.3, 0.4) is 0 Å². The molecule has 0 heterocycles. The van der Waals surface area contributed by atoms with E-state index in [1.807, 2.05) is 0 Å². The monoisotopic (exact) mass is 511 g/mol. The minimum Gasteiger partial charge on any atom is -0.480 e. The van der Waals surface area contributed by atoms with E-state index >= 15 is 0 Å². The Balaban J connectivity index is 0. The molecule has 5 N–H and O–H groups in total. The lowest BCUT2D eigenvalue weighted by atomic mass is 10.1. The maximum absolute atomic E-state index is 10.9. The first-order chi connectivity index (χ1) is 16.2. The Bertz CT molecular complexity index is 569. The molecule has 0 aliphatic heterocycles. The summed E-state index contributed by atoms with van der Waals surface area (Å²) in [5.41, 5.74) is 0. The highest BCUT2D eigenvalue weighted by Crippen LogP contribution is 2.13. The van der Waals surface area contributed by atoms with Gasteiger partial charge in [0.1, 0.15) is 0 Å². The topological polar surface area (TPSA) is 156 Å². The van der Waals surface area contributed by atoms with Gasteiger partial charge in [-0.3, -0.25) is 14.2 Å². The number of aliphatic hydroxyl groups is 3. The lowest BCUT2D eigenvalue weighted by Gasteiger charge is -2.17. The first kappa shape index (κ1) is 35.1. The van der Waals surface area contributed by atoms with Crippen molar-refractivity contribution in [3.05, 3.63) is 12.2 Å². The number of nitrogens with zero attached hydrogens (tertiary/aromatic N) is 1. The SMILES string of the molecule is CCCCCCCC/C=C\CCCCCCC(C(=O)O)S(=O)(=O)O.OCCN(CCO)CCO. The highest BCUT2D eigenvalue weighted by atomic mass is 32.2. The third-order valence-electron chi connectivity index (χ3n) is 5.36. The molecule has 204 valence electrons. The third-order valence-corrected chi connectivity index (χ3v) is 6.52. The van der Waals surface area contributed by atoms with E-state index in [1.165, 1.54) is 38.5 Å². The van der Waals surface area contributed by atoms with Gasteiger partial charge in [-0.1, -0.05) is 70.4 Å². The van der Waals surface area contributed by atoms with E-state index in [0.717, 1.165) is 32.1 Å². The van der Waals surface area contributed by atoms with E-state index in [2.05, 4.69) is 19.1 Å². The summed E-state index contributed by atoms with van der Waals surface area (Å²) in [7, 11) is -4.49. The van der Waals surface area contributed by atoms with Crippen LogP contribution in [0.4, 0.5) is 0 Å². The summed E-state index contributed by atoms with van der Waals surface area (Å²) in [5, 5.41) is 32.5. The number of carbonyl (C=O) groups is 1. The molecular weight excluding hydrogens is 462 g/mol. The van der Waals surface area contributed by atoms with E-state index in [0.29, 0.717) is 26.1 Å². The lowest BCUT2D eigenvalue weighted by Crippen LogP contribution is -2.32. The maximum atomic E-state index is 10.9. The fourth-order valence-corrected chi connectivity index (χ4v) is 4.10. The molecule has 0 aliphatic rings. The van der Waals surface area contributed by atoms with Crippen LogP contribution in [0, 0.1) is 0 Å². The van der Waals surface area contributed by atoms with E-state index in [4.69, 9.17) is 25.0 Å². The zero-order valence-corrected chi connectivity index (χ0v) is 21.8. The first-order valence-corrected chi connectivity index (χ1v) is 14.1. The van der Waals surface area contributed by atoms with Crippen LogP contribution in [-0.2, 0) is 14.9 Å². The molecule has 0 spiro atoms. The van der Waals surface area contributed by atoms with Gasteiger partial charge in [0.2, 0.25) is 0 Å². The van der Waals surface area contributed by atoms with Crippen molar-refractivity contribution in [2.45, 2.75) is 95.6 Å². The van der Waals surface area contributed by atoms with Gasteiger partial charge in [-0.2, -0.15) is 8.42 Å². The Morgan fingerprint density at radius 1 is 0.765 bits per heavy atom. The number of unbranched alkanes of at least 4 members (excludes halogenated alkanes) is 10. The molecule has 34 heavy (non-hydrogen) atoms. The van der Waals surface area contributed by atoms with Gasteiger partial charge in [-0.05, 0) is 32.1 Å². The van der Waals surface area contributed by atoms with Crippen LogP contribution in [-0.4, -0.2) is 89.0 Å². The average molecular weight is 512 g/mol. The summed E-state index contributed by atoms with van der Waals surface area (Å²) in [6, 6.07) is 0. The van der Waals surface area contributed by atoms with Crippen molar-refractivity contribution in [1.29, 1.82) is 0 Å². The van der Waals surface area contributed by atoms with Crippen molar-refractivity contribution in [2.75, 3.05) is 39.5 Å². The van der Waals surface area contributed by atoms with Gasteiger partial charge >= 0.3 is 5.97 Å². The molecule has 0 amide bonds. The molecule has 0 rings (SSSR count). The third kappa shape index (κ3) is 24.1. The molecule has 0 fully saturated rings. The molecule has 1 unspecified atom stereocenters. The molecule has 0 bridgehead atoms. The van der Waals surface area contributed by atoms with Crippen molar-refractivity contribution in [3.8, 4) is 0 Å². The zero-order valence-electron chi connectivity index (χ0n) is 21.0. The smallest absolute Gasteiger partial charge is 0.324 e. The number of allylic oxidation sites excluding steroid dienone is 2. The molecule has 0 aromatic carbocycles. The number of carboxylic acid groups (broad SMARTS) is 1. The Kier molecular flexibility index (Phi) is 25.9. The average Bonchev–Trinajstić information content (AvgIpc) is 2.76. The van der Waals surface area contributed by atoms with Crippen molar-refractivity contribution in [1.82, 2.24) is 4.90 Å². The summed E-state index contributed by atoms with van der Waals surface area (Å²) in [4.78, 5) is 12.6. The second-order valence-electron chi connectivity index (χ2n) is 8.37. The van der Waals surface area contributed by atoms with Crippen molar-refractivity contribution in [3.63, 3.8) is 0 Å². The predicted molar refractivity (Wildman–Crippen MR) is 136 cm³/mol. The number of hydrogen-bond donors (Lipinski definition) is 5. The van der Waals surface area contributed by atoms with Crippen LogP contribution < -0.4 is 0 Å². The molecule has 0 aliphatic carbocycles. The van der Waals surface area contributed by atoms with Crippen LogP contribution in [0.15, 0.2) is 12.2 Å². The van der Waals surface area contributed by atoms with Crippen LogP contribution in [0.1, 0.15) is 90.4 Å². The Hall–Kier alpha value is -1.04. The van der Waals surface area contributed by atoms with Gasteiger partial charge in [0.05, 0.1) is 19.8 Å². The zero-order chi connectivity index (χ0) is 26.1. The molecule has 0 aromatic heterocycles. The highest BCUT2D eigenvalue weighted by Gasteiger charge is 2.29. The van der Waals surface area contributed by atoms with Gasteiger partial charge in [-0.15, -0.1) is 0 Å². The summed E-state index contributed by atoms with van der Waals surface area (Å²) in [6.45, 7) is 3.98. The summed E-state index contributed by atoms with van der Waals surface area (Å²) in [6.07, 6.45) is 17.7. The molecule has 0 radical (unpaired) electrons. The fourth-order valence-electron chi connectivity index (χ4n) is 3.38. The Labute approximate surface area is 206 Å². The first-order valence-electron chi connectivity index (χ1n) is 12.6. The molecular formula is C24H49NO8S. The minimum absolute atomic E-state index is 0.0258. The number of rotatable bonds is 22. The number of aliphatic hydroxyl groups excluding tert-OH is 3. The van der Waals surface area contributed by atoms with Crippen molar-refractivity contribution in [2.24, 2.45) is 0 Å². The van der Waals surface area contributed by atoms with Gasteiger partial charge in [0.15, 0.2) is 5.25 Å². The summed E-state index contributed by atoms with van der Waals surface area (Å²) < 4.78 is 30.6. The minimum atomic E-state index is -4.49.